The summed E-state index contributed by atoms with van der Waals surface area (Å²) in [5, 5.41) is 8.38. The van der Waals surface area contributed by atoms with Gasteiger partial charge in [-0.1, -0.05) is 26.2 Å². The second-order valence-electron chi connectivity index (χ2n) is 6.18. The summed E-state index contributed by atoms with van der Waals surface area (Å²) in [6.07, 6.45) is 4.88. The highest BCUT2D eigenvalue weighted by Gasteiger charge is 1.96. The van der Waals surface area contributed by atoms with Crippen LogP contribution in [0.3, 0.4) is 0 Å². The molecule has 9 heteroatoms. The van der Waals surface area contributed by atoms with Gasteiger partial charge in [-0.25, -0.2) is 4.79 Å². The van der Waals surface area contributed by atoms with Gasteiger partial charge < -0.3 is 38.3 Å². The summed E-state index contributed by atoms with van der Waals surface area (Å²) in [5.41, 5.74) is 0. The maximum atomic E-state index is 10.2. The van der Waals surface area contributed by atoms with Gasteiger partial charge >= 0.3 is 5.97 Å². The SMILES string of the molecule is CCCCCCOCCOCCOCCOCCOCCOCCOCC(=O)O. The van der Waals surface area contributed by atoms with E-state index in [1.54, 1.807) is 0 Å². The van der Waals surface area contributed by atoms with Gasteiger partial charge in [-0.05, 0) is 6.42 Å². The summed E-state index contributed by atoms with van der Waals surface area (Å²) in [4.78, 5) is 10.2. The van der Waals surface area contributed by atoms with Crippen LogP contribution in [0.5, 0.6) is 0 Å². The summed E-state index contributed by atoms with van der Waals surface area (Å²) in [6.45, 7) is 8.58. The Kier molecular flexibility index (Phi) is 24.5. The molecular weight excluding hydrogens is 384 g/mol. The summed E-state index contributed by atoms with van der Waals surface area (Å²) in [6, 6.07) is 0. The van der Waals surface area contributed by atoms with Crippen molar-refractivity contribution in [1.29, 1.82) is 0 Å². The molecule has 0 saturated heterocycles. The van der Waals surface area contributed by atoms with E-state index in [9.17, 15) is 4.79 Å². The highest BCUT2D eigenvalue weighted by molar-refractivity contribution is 5.67. The first kappa shape index (κ1) is 28.2. The van der Waals surface area contributed by atoms with Gasteiger partial charge in [0.1, 0.15) is 6.61 Å². The van der Waals surface area contributed by atoms with Crippen LogP contribution in [0.1, 0.15) is 32.6 Å². The number of carboxylic acid groups (broad SMARTS) is 1. The summed E-state index contributed by atoms with van der Waals surface area (Å²) >= 11 is 0. The van der Waals surface area contributed by atoms with E-state index in [2.05, 4.69) is 6.92 Å². The molecule has 0 saturated carbocycles. The van der Waals surface area contributed by atoms with Crippen molar-refractivity contribution < 1.29 is 43.1 Å². The second-order valence-corrected chi connectivity index (χ2v) is 6.18. The van der Waals surface area contributed by atoms with Crippen LogP contribution >= 0.6 is 0 Å². The first-order chi connectivity index (χ1) is 14.3. The van der Waals surface area contributed by atoms with Gasteiger partial charge in [0.25, 0.3) is 0 Å². The Morgan fingerprint density at radius 2 is 0.862 bits per heavy atom. The molecule has 0 atom stereocenters. The van der Waals surface area contributed by atoms with Crippen molar-refractivity contribution in [1.82, 2.24) is 0 Å². The van der Waals surface area contributed by atoms with Crippen LogP contribution in [-0.2, 0) is 38.0 Å². The van der Waals surface area contributed by atoms with Gasteiger partial charge in [0, 0.05) is 6.61 Å². The van der Waals surface area contributed by atoms with E-state index in [1.807, 2.05) is 0 Å². The minimum atomic E-state index is -0.985. The Labute approximate surface area is 174 Å². The molecule has 0 amide bonds. The number of ether oxygens (including phenoxy) is 7. The Hall–Kier alpha value is -0.810. The zero-order valence-corrected chi connectivity index (χ0v) is 17.9. The van der Waals surface area contributed by atoms with Crippen LogP contribution in [0.4, 0.5) is 0 Å². The molecule has 0 bridgehead atoms. The third-order valence-corrected chi connectivity index (χ3v) is 3.60. The van der Waals surface area contributed by atoms with Crippen LogP contribution in [0, 0.1) is 0 Å². The van der Waals surface area contributed by atoms with Crippen LogP contribution in [0.2, 0.25) is 0 Å². The number of hydrogen-bond donors (Lipinski definition) is 1. The third kappa shape index (κ3) is 27.2. The first-order valence-electron chi connectivity index (χ1n) is 10.5. The summed E-state index contributed by atoms with van der Waals surface area (Å²) in [5.74, 6) is -0.985. The van der Waals surface area contributed by atoms with E-state index < -0.39 is 5.97 Å². The number of rotatable bonds is 25. The average molecular weight is 425 g/mol. The maximum absolute atomic E-state index is 10.2. The fraction of sp³-hybridized carbons (Fsp3) is 0.950. The predicted molar refractivity (Wildman–Crippen MR) is 108 cm³/mol. The fourth-order valence-electron chi connectivity index (χ4n) is 2.11. The quantitative estimate of drug-likeness (QED) is 0.220. The van der Waals surface area contributed by atoms with Crippen molar-refractivity contribution in [2.24, 2.45) is 0 Å². The molecule has 0 aromatic heterocycles. The molecular formula is C20H40O9. The highest BCUT2D eigenvalue weighted by Crippen LogP contribution is 1.98. The number of carboxylic acids is 1. The molecule has 0 aliphatic carbocycles. The Morgan fingerprint density at radius 3 is 1.21 bits per heavy atom. The molecule has 0 rings (SSSR count). The first-order valence-corrected chi connectivity index (χ1v) is 10.5. The summed E-state index contributed by atoms with van der Waals surface area (Å²) < 4.78 is 37.1. The number of hydrogen-bond acceptors (Lipinski definition) is 8. The van der Waals surface area contributed by atoms with Crippen LogP contribution in [-0.4, -0.2) is 104 Å². The lowest BCUT2D eigenvalue weighted by Gasteiger charge is -2.08. The van der Waals surface area contributed by atoms with Gasteiger partial charge in [-0.2, -0.15) is 0 Å². The molecule has 0 fully saturated rings. The van der Waals surface area contributed by atoms with Gasteiger partial charge in [0.15, 0.2) is 0 Å². The van der Waals surface area contributed by atoms with Crippen LogP contribution in [0.15, 0.2) is 0 Å². The molecule has 0 unspecified atom stereocenters. The number of aliphatic carboxylic acids is 1. The van der Waals surface area contributed by atoms with E-state index >= 15 is 0 Å². The lowest BCUT2D eigenvalue weighted by atomic mass is 10.2. The zero-order valence-electron chi connectivity index (χ0n) is 17.9. The van der Waals surface area contributed by atoms with Crippen LogP contribution in [0.25, 0.3) is 0 Å². The predicted octanol–water partition coefficient (Wildman–Crippen LogP) is 1.77. The van der Waals surface area contributed by atoms with Crippen molar-refractivity contribution in [2.45, 2.75) is 32.6 Å². The molecule has 0 aromatic carbocycles. The normalized spacial score (nSPS) is 11.2. The van der Waals surface area contributed by atoms with Crippen molar-refractivity contribution in [2.75, 3.05) is 92.5 Å². The van der Waals surface area contributed by atoms with Crippen molar-refractivity contribution in [3.05, 3.63) is 0 Å². The molecule has 0 aliphatic rings. The van der Waals surface area contributed by atoms with Gasteiger partial charge in [-0.15, -0.1) is 0 Å². The smallest absolute Gasteiger partial charge is 0.329 e. The minimum absolute atomic E-state index is 0.257. The molecule has 0 heterocycles. The van der Waals surface area contributed by atoms with Crippen molar-refractivity contribution >= 4 is 5.97 Å². The van der Waals surface area contributed by atoms with E-state index in [1.165, 1.54) is 19.3 Å². The topological polar surface area (TPSA) is 102 Å². The summed E-state index contributed by atoms with van der Waals surface area (Å²) in [7, 11) is 0. The molecule has 0 aromatic rings. The van der Waals surface area contributed by atoms with Gasteiger partial charge in [0.2, 0.25) is 0 Å². The molecule has 0 radical (unpaired) electrons. The zero-order chi connectivity index (χ0) is 21.3. The van der Waals surface area contributed by atoms with E-state index in [0.29, 0.717) is 72.7 Å². The molecule has 29 heavy (non-hydrogen) atoms. The molecule has 9 nitrogen and oxygen atoms in total. The molecule has 0 spiro atoms. The Balaban J connectivity index is 2.99. The minimum Gasteiger partial charge on any atom is -0.480 e. The van der Waals surface area contributed by atoms with Gasteiger partial charge in [-0.3, -0.25) is 0 Å². The molecule has 174 valence electrons. The third-order valence-electron chi connectivity index (χ3n) is 3.60. The molecule has 1 N–H and O–H groups in total. The van der Waals surface area contributed by atoms with Crippen molar-refractivity contribution in [3.8, 4) is 0 Å². The van der Waals surface area contributed by atoms with Gasteiger partial charge in [0.05, 0.1) is 79.3 Å². The van der Waals surface area contributed by atoms with Crippen molar-refractivity contribution in [3.63, 3.8) is 0 Å². The maximum Gasteiger partial charge on any atom is 0.329 e. The number of carbonyl (C=O) groups is 1. The molecule has 0 aliphatic heterocycles. The Morgan fingerprint density at radius 1 is 0.517 bits per heavy atom. The standard InChI is InChI=1S/C20H40O9/c1-2-3-4-5-6-23-7-8-24-9-10-25-11-12-26-13-14-27-15-16-28-17-18-29-19-20(21)22/h2-19H2,1H3,(H,21,22). The second kappa shape index (κ2) is 25.2. The largest absolute Gasteiger partial charge is 0.480 e. The lowest BCUT2D eigenvalue weighted by Crippen LogP contribution is -2.15. The van der Waals surface area contributed by atoms with E-state index in [4.69, 9.17) is 38.3 Å². The van der Waals surface area contributed by atoms with E-state index in [-0.39, 0.29) is 13.2 Å². The fourth-order valence-corrected chi connectivity index (χ4v) is 2.11. The number of unbranched alkanes of at least 4 members (excludes halogenated alkanes) is 3. The lowest BCUT2D eigenvalue weighted by molar-refractivity contribution is -0.142. The van der Waals surface area contributed by atoms with Crippen LogP contribution < -0.4 is 0 Å². The highest BCUT2D eigenvalue weighted by atomic mass is 16.6. The monoisotopic (exact) mass is 424 g/mol. The Bertz CT molecular complexity index is 329. The average Bonchev–Trinajstić information content (AvgIpc) is 2.71. The van der Waals surface area contributed by atoms with E-state index in [0.717, 1.165) is 13.0 Å².